The van der Waals surface area contributed by atoms with Gasteiger partial charge in [-0.25, -0.2) is 0 Å². The lowest BCUT2D eigenvalue weighted by Gasteiger charge is -2.31. The van der Waals surface area contributed by atoms with E-state index in [1.807, 2.05) is 6.07 Å². The van der Waals surface area contributed by atoms with E-state index in [4.69, 9.17) is 0 Å². The van der Waals surface area contributed by atoms with E-state index in [0.29, 0.717) is 11.8 Å². The molecular formula is C18H31NOS. The van der Waals surface area contributed by atoms with Crippen molar-refractivity contribution >= 4 is 10.8 Å². The summed E-state index contributed by atoms with van der Waals surface area (Å²) >= 11 is 0. The van der Waals surface area contributed by atoms with Crippen LogP contribution in [0.1, 0.15) is 52.6 Å². The second kappa shape index (κ2) is 9.37. The van der Waals surface area contributed by atoms with Gasteiger partial charge in [-0.3, -0.25) is 4.21 Å². The molecule has 0 aliphatic rings. The van der Waals surface area contributed by atoms with E-state index < -0.39 is 10.8 Å². The average Bonchev–Trinajstić information content (AvgIpc) is 2.42. The van der Waals surface area contributed by atoms with Crippen molar-refractivity contribution in [1.82, 2.24) is 5.32 Å². The lowest BCUT2D eigenvalue weighted by Crippen LogP contribution is -2.40. The fourth-order valence-corrected chi connectivity index (χ4v) is 4.71. The molecule has 0 saturated carbocycles. The van der Waals surface area contributed by atoms with Crippen LogP contribution in [0.5, 0.6) is 0 Å². The largest absolute Gasteiger partial charge is 0.309 e. The minimum atomic E-state index is -0.815. The molecule has 1 aromatic carbocycles. The predicted octanol–water partition coefficient (Wildman–Crippen LogP) is 4.16. The lowest BCUT2D eigenvalue weighted by molar-refractivity contribution is 0.433. The second-order valence-corrected chi connectivity index (χ2v) is 8.13. The highest BCUT2D eigenvalue weighted by molar-refractivity contribution is 7.85. The summed E-state index contributed by atoms with van der Waals surface area (Å²) in [5.74, 6) is 1.63. The van der Waals surface area contributed by atoms with Gasteiger partial charge < -0.3 is 5.32 Å². The number of hydrogen-bond acceptors (Lipinski definition) is 2. The molecule has 0 aromatic heterocycles. The van der Waals surface area contributed by atoms with E-state index >= 15 is 0 Å². The Morgan fingerprint density at radius 2 is 1.71 bits per heavy atom. The molecule has 1 aromatic rings. The summed E-state index contributed by atoms with van der Waals surface area (Å²) in [7, 11) is -0.815. The number of benzene rings is 1. The molecule has 2 nitrogen and oxygen atoms in total. The summed E-state index contributed by atoms with van der Waals surface area (Å²) in [6.07, 6.45) is 1.09. The molecule has 3 unspecified atom stereocenters. The summed E-state index contributed by atoms with van der Waals surface area (Å²) in [5.41, 5.74) is 1.25. The molecule has 0 saturated heterocycles. The van der Waals surface area contributed by atoms with Gasteiger partial charge in [0.25, 0.3) is 0 Å². The Bertz CT molecular complexity index is 416. The van der Waals surface area contributed by atoms with Crippen molar-refractivity contribution in [3.63, 3.8) is 0 Å². The number of nitrogens with one attached hydrogen (secondary N) is 1. The molecule has 0 heterocycles. The molecule has 0 aliphatic carbocycles. The third-order valence-corrected chi connectivity index (χ3v) is 5.98. The van der Waals surface area contributed by atoms with Crippen LogP contribution in [0.15, 0.2) is 30.3 Å². The van der Waals surface area contributed by atoms with Crippen LogP contribution < -0.4 is 5.32 Å². The van der Waals surface area contributed by atoms with Gasteiger partial charge in [-0.1, -0.05) is 65.0 Å². The van der Waals surface area contributed by atoms with Crippen molar-refractivity contribution < 1.29 is 4.21 Å². The van der Waals surface area contributed by atoms with Crippen LogP contribution in [0, 0.1) is 11.8 Å². The Balaban J connectivity index is 3.03. The van der Waals surface area contributed by atoms with E-state index in [-0.39, 0.29) is 11.3 Å². The van der Waals surface area contributed by atoms with Crippen molar-refractivity contribution in [3.05, 3.63) is 35.9 Å². The van der Waals surface area contributed by atoms with Crippen LogP contribution in [-0.2, 0) is 10.8 Å². The Morgan fingerprint density at radius 1 is 1.10 bits per heavy atom. The molecule has 0 bridgehead atoms. The van der Waals surface area contributed by atoms with Crippen LogP contribution in [0.25, 0.3) is 0 Å². The zero-order chi connectivity index (χ0) is 15.8. The Kier molecular flexibility index (Phi) is 8.20. The topological polar surface area (TPSA) is 29.1 Å². The molecule has 120 valence electrons. The van der Waals surface area contributed by atoms with Gasteiger partial charge in [-0.05, 0) is 30.4 Å². The molecule has 0 radical (unpaired) electrons. The monoisotopic (exact) mass is 309 g/mol. The van der Waals surface area contributed by atoms with Crippen molar-refractivity contribution in [1.29, 1.82) is 0 Å². The van der Waals surface area contributed by atoms with Crippen LogP contribution >= 0.6 is 0 Å². The van der Waals surface area contributed by atoms with Crippen molar-refractivity contribution in [2.45, 2.75) is 52.3 Å². The Labute approximate surface area is 133 Å². The smallest absolute Gasteiger partial charge is 0.0565 e. The van der Waals surface area contributed by atoms with Crippen molar-refractivity contribution in [2.24, 2.45) is 11.8 Å². The van der Waals surface area contributed by atoms with E-state index in [1.165, 1.54) is 5.56 Å². The van der Waals surface area contributed by atoms with Crippen molar-refractivity contribution in [3.8, 4) is 0 Å². The first-order chi connectivity index (χ1) is 9.97. The quantitative estimate of drug-likeness (QED) is 0.742. The molecule has 0 spiro atoms. The first-order valence-corrected chi connectivity index (χ1v) is 9.51. The fourth-order valence-electron chi connectivity index (χ4n) is 2.66. The number of hydrogen-bond donors (Lipinski definition) is 1. The summed E-state index contributed by atoms with van der Waals surface area (Å²) < 4.78 is 12.8. The third kappa shape index (κ3) is 5.91. The number of rotatable bonds is 9. The molecule has 0 fully saturated rings. The van der Waals surface area contributed by atoms with Gasteiger partial charge in [0.1, 0.15) is 0 Å². The molecule has 0 aliphatic heterocycles. The lowest BCUT2D eigenvalue weighted by atomic mass is 9.96. The molecule has 3 heteroatoms. The van der Waals surface area contributed by atoms with Gasteiger partial charge in [0.2, 0.25) is 0 Å². The van der Waals surface area contributed by atoms with Crippen LogP contribution in [0.4, 0.5) is 0 Å². The standard InChI is InChI=1S/C18H31NOS/c1-6-12-19-17(16-10-8-7-9-11-16)18(15(4)5)21(20)13-14(2)3/h7-11,14-15,17-19H,6,12-13H2,1-5H3. The molecule has 1 rings (SSSR count). The van der Waals surface area contributed by atoms with E-state index in [9.17, 15) is 4.21 Å². The second-order valence-electron chi connectivity index (χ2n) is 6.49. The first-order valence-electron chi connectivity index (χ1n) is 8.12. The minimum absolute atomic E-state index is 0.154. The van der Waals surface area contributed by atoms with Crippen LogP contribution in [0.2, 0.25) is 0 Å². The van der Waals surface area contributed by atoms with Crippen molar-refractivity contribution in [2.75, 3.05) is 12.3 Å². The predicted molar refractivity (Wildman–Crippen MR) is 94.0 cm³/mol. The maximum Gasteiger partial charge on any atom is 0.0565 e. The zero-order valence-electron chi connectivity index (χ0n) is 14.1. The maximum atomic E-state index is 12.8. The Morgan fingerprint density at radius 3 is 2.19 bits per heavy atom. The highest BCUT2D eigenvalue weighted by Gasteiger charge is 2.30. The zero-order valence-corrected chi connectivity index (χ0v) is 15.0. The molecule has 0 amide bonds. The SMILES string of the molecule is CCCNC(c1ccccc1)C(C(C)C)S(=O)CC(C)C. The van der Waals surface area contributed by atoms with Gasteiger partial charge >= 0.3 is 0 Å². The van der Waals surface area contributed by atoms with Gasteiger partial charge in [-0.2, -0.15) is 0 Å². The highest BCUT2D eigenvalue weighted by Crippen LogP contribution is 2.27. The summed E-state index contributed by atoms with van der Waals surface area (Å²) in [6.45, 7) is 11.8. The molecular weight excluding hydrogens is 278 g/mol. The molecule has 21 heavy (non-hydrogen) atoms. The van der Waals surface area contributed by atoms with E-state index in [0.717, 1.165) is 18.7 Å². The summed E-state index contributed by atoms with van der Waals surface area (Å²) in [4.78, 5) is 0. The molecule has 3 atom stereocenters. The Hall–Kier alpha value is -0.670. The van der Waals surface area contributed by atoms with Gasteiger partial charge in [0.05, 0.1) is 5.25 Å². The normalized spacial score (nSPS) is 16.1. The van der Waals surface area contributed by atoms with Gasteiger partial charge in [-0.15, -0.1) is 0 Å². The van der Waals surface area contributed by atoms with Crippen LogP contribution in [0.3, 0.4) is 0 Å². The fraction of sp³-hybridized carbons (Fsp3) is 0.667. The third-order valence-electron chi connectivity index (χ3n) is 3.56. The van der Waals surface area contributed by atoms with E-state index in [1.54, 1.807) is 0 Å². The van der Waals surface area contributed by atoms with E-state index in [2.05, 4.69) is 64.2 Å². The minimum Gasteiger partial charge on any atom is -0.309 e. The molecule has 1 N–H and O–H groups in total. The maximum absolute atomic E-state index is 12.8. The first kappa shape index (κ1) is 18.4. The van der Waals surface area contributed by atoms with Gasteiger partial charge in [0, 0.05) is 22.6 Å². The average molecular weight is 310 g/mol. The highest BCUT2D eigenvalue weighted by atomic mass is 32.2. The summed E-state index contributed by atoms with van der Waals surface area (Å²) in [6, 6.07) is 10.6. The van der Waals surface area contributed by atoms with Gasteiger partial charge in [0.15, 0.2) is 0 Å². The summed E-state index contributed by atoms with van der Waals surface area (Å²) in [5, 5.41) is 3.78. The van der Waals surface area contributed by atoms with Crippen LogP contribution in [-0.4, -0.2) is 21.8 Å².